The minimum Gasteiger partial charge on any atom is -0.232 e. The Morgan fingerprint density at radius 3 is 2.03 bits per heavy atom. The molecule has 7 heteroatoms. The molecule has 0 bridgehead atoms. The van der Waals surface area contributed by atoms with Gasteiger partial charge in [-0.05, 0) is 54.1 Å². The van der Waals surface area contributed by atoms with Crippen molar-refractivity contribution in [1.29, 1.82) is 0 Å². The summed E-state index contributed by atoms with van der Waals surface area (Å²) in [5.74, 6) is -1.59. The molecular formula is C23H13F3N4. The summed E-state index contributed by atoms with van der Waals surface area (Å²) in [5, 5.41) is 4.73. The molecule has 1 aromatic carbocycles. The monoisotopic (exact) mass is 402 g/mol. The molecule has 0 saturated heterocycles. The molecule has 4 nitrogen and oxygen atoms in total. The molecule has 0 N–H and O–H groups in total. The summed E-state index contributed by atoms with van der Waals surface area (Å²) in [6, 6.07) is 17.4. The van der Waals surface area contributed by atoms with E-state index in [0.717, 1.165) is 0 Å². The Labute approximate surface area is 169 Å². The zero-order chi connectivity index (χ0) is 20.7. The van der Waals surface area contributed by atoms with Gasteiger partial charge in [-0.25, -0.2) is 18.9 Å². The summed E-state index contributed by atoms with van der Waals surface area (Å²) in [4.78, 5) is 7.23. The van der Waals surface area contributed by atoms with Gasteiger partial charge in [-0.3, -0.25) is 0 Å². The van der Waals surface area contributed by atoms with Gasteiger partial charge in [-0.1, -0.05) is 6.07 Å². The van der Waals surface area contributed by atoms with Gasteiger partial charge >= 0.3 is 0 Å². The van der Waals surface area contributed by atoms with Crippen LogP contribution >= 0.6 is 0 Å². The van der Waals surface area contributed by atoms with Crippen LogP contribution in [-0.4, -0.2) is 19.6 Å². The zero-order valence-corrected chi connectivity index (χ0v) is 15.4. The molecule has 0 aliphatic carbocycles. The van der Waals surface area contributed by atoms with Crippen molar-refractivity contribution in [3.05, 3.63) is 96.8 Å². The lowest BCUT2D eigenvalue weighted by molar-refractivity contribution is 0.584. The fourth-order valence-electron chi connectivity index (χ4n) is 3.50. The largest absolute Gasteiger partial charge is 0.232 e. The molecular weight excluding hydrogens is 389 g/mol. The number of fused-ring (bicyclic) bond motifs is 1. The first-order valence-corrected chi connectivity index (χ1v) is 9.12. The van der Waals surface area contributed by atoms with Crippen LogP contribution in [0.25, 0.3) is 39.2 Å². The fraction of sp³-hybridized carbons (Fsp3) is 0. The van der Waals surface area contributed by atoms with Gasteiger partial charge in [0, 0.05) is 41.2 Å². The molecule has 0 fully saturated rings. The molecule has 0 aliphatic heterocycles. The average molecular weight is 402 g/mol. The maximum Gasteiger partial charge on any atom is 0.213 e. The number of hydrogen-bond acceptors (Lipinski definition) is 3. The minimum atomic E-state index is -0.621. The second-order valence-electron chi connectivity index (χ2n) is 6.67. The molecule has 4 aromatic heterocycles. The van der Waals surface area contributed by atoms with Crippen molar-refractivity contribution in [2.75, 3.05) is 0 Å². The van der Waals surface area contributed by atoms with Crippen molar-refractivity contribution in [2.24, 2.45) is 0 Å². The third kappa shape index (κ3) is 3.10. The highest BCUT2D eigenvalue weighted by atomic mass is 19.1. The summed E-state index contributed by atoms with van der Waals surface area (Å²) < 4.78 is 42.8. The van der Waals surface area contributed by atoms with Gasteiger partial charge in [0.1, 0.15) is 11.5 Å². The van der Waals surface area contributed by atoms with Crippen LogP contribution in [0.15, 0.2) is 79.1 Å². The van der Waals surface area contributed by atoms with Crippen molar-refractivity contribution in [3.8, 4) is 33.6 Å². The number of nitrogens with zero attached hydrogens (tertiary/aromatic N) is 4. The predicted octanol–water partition coefficient (Wildman–Crippen LogP) is 5.54. The summed E-state index contributed by atoms with van der Waals surface area (Å²) in [7, 11) is 0. The third-order valence-corrected chi connectivity index (χ3v) is 4.81. The molecule has 0 saturated carbocycles. The summed E-state index contributed by atoms with van der Waals surface area (Å²) in [6.07, 6.45) is 2.76. The molecule has 0 amide bonds. The quantitative estimate of drug-likeness (QED) is 0.372. The Morgan fingerprint density at radius 2 is 1.33 bits per heavy atom. The smallest absolute Gasteiger partial charge is 0.213 e. The molecule has 0 radical (unpaired) electrons. The lowest BCUT2D eigenvalue weighted by Gasteiger charge is -2.06. The standard InChI is InChI=1S/C23H13F3N4/c24-17-6-4-14(5-7-17)23-22(16-9-11-28-21(26)13-16)19-3-1-2-18(30(19)29-23)15-8-10-27-20(25)12-15/h1-13H. The third-order valence-electron chi connectivity index (χ3n) is 4.81. The number of aromatic nitrogens is 4. The minimum absolute atomic E-state index is 0.369. The van der Waals surface area contributed by atoms with Crippen LogP contribution in [0.3, 0.4) is 0 Å². The molecule has 5 rings (SSSR count). The van der Waals surface area contributed by atoms with Crippen LogP contribution in [0, 0.1) is 17.7 Å². The first-order valence-electron chi connectivity index (χ1n) is 9.12. The van der Waals surface area contributed by atoms with E-state index in [9.17, 15) is 13.2 Å². The van der Waals surface area contributed by atoms with Crippen molar-refractivity contribution < 1.29 is 13.2 Å². The van der Waals surface area contributed by atoms with E-state index < -0.39 is 11.9 Å². The normalized spacial score (nSPS) is 11.2. The van der Waals surface area contributed by atoms with Gasteiger partial charge in [0.05, 0.1) is 11.2 Å². The van der Waals surface area contributed by atoms with Crippen LogP contribution in [0.5, 0.6) is 0 Å². The molecule has 0 spiro atoms. The van der Waals surface area contributed by atoms with Crippen molar-refractivity contribution in [1.82, 2.24) is 19.6 Å². The molecule has 0 atom stereocenters. The molecule has 30 heavy (non-hydrogen) atoms. The highest BCUT2D eigenvalue weighted by Crippen LogP contribution is 2.37. The van der Waals surface area contributed by atoms with E-state index in [4.69, 9.17) is 5.10 Å². The van der Waals surface area contributed by atoms with E-state index in [1.54, 1.807) is 34.8 Å². The maximum atomic E-state index is 13.9. The zero-order valence-electron chi connectivity index (χ0n) is 15.4. The lowest BCUT2D eigenvalue weighted by Crippen LogP contribution is -1.95. The highest BCUT2D eigenvalue weighted by molar-refractivity contribution is 5.93. The lowest BCUT2D eigenvalue weighted by atomic mass is 10.0. The SMILES string of the molecule is Fc1ccc(-c2nn3c(-c4ccnc(F)c4)cccc3c2-c2ccnc(F)c2)cc1. The Morgan fingerprint density at radius 1 is 0.667 bits per heavy atom. The second kappa shape index (κ2) is 7.11. The topological polar surface area (TPSA) is 43.1 Å². The average Bonchev–Trinajstić information content (AvgIpc) is 3.14. The van der Waals surface area contributed by atoms with E-state index >= 15 is 0 Å². The van der Waals surface area contributed by atoms with Gasteiger partial charge in [-0.15, -0.1) is 0 Å². The van der Waals surface area contributed by atoms with Crippen LogP contribution < -0.4 is 0 Å². The number of benzene rings is 1. The Hall–Kier alpha value is -4.00. The Balaban J connectivity index is 1.84. The highest BCUT2D eigenvalue weighted by Gasteiger charge is 2.19. The van der Waals surface area contributed by atoms with E-state index in [1.165, 1.54) is 36.7 Å². The molecule has 5 aromatic rings. The van der Waals surface area contributed by atoms with Crippen LogP contribution in [0.4, 0.5) is 13.2 Å². The van der Waals surface area contributed by atoms with Crippen LogP contribution in [0.1, 0.15) is 0 Å². The number of pyridine rings is 3. The van der Waals surface area contributed by atoms with Crippen molar-refractivity contribution >= 4 is 5.52 Å². The Kier molecular flexibility index (Phi) is 4.28. The van der Waals surface area contributed by atoms with Crippen LogP contribution in [0.2, 0.25) is 0 Å². The number of halogens is 3. The molecule has 0 unspecified atom stereocenters. The summed E-state index contributed by atoms with van der Waals surface area (Å²) >= 11 is 0. The van der Waals surface area contributed by atoms with E-state index in [1.807, 2.05) is 12.1 Å². The second-order valence-corrected chi connectivity index (χ2v) is 6.67. The van der Waals surface area contributed by atoms with Gasteiger partial charge in [0.25, 0.3) is 0 Å². The van der Waals surface area contributed by atoms with E-state index in [-0.39, 0.29) is 5.82 Å². The van der Waals surface area contributed by atoms with E-state index in [2.05, 4.69) is 9.97 Å². The Bertz CT molecular complexity index is 1380. The van der Waals surface area contributed by atoms with Gasteiger partial charge in [0.2, 0.25) is 11.9 Å². The number of rotatable bonds is 3. The van der Waals surface area contributed by atoms with E-state index in [0.29, 0.717) is 39.2 Å². The van der Waals surface area contributed by atoms with Gasteiger partial charge in [-0.2, -0.15) is 13.9 Å². The van der Waals surface area contributed by atoms with Crippen molar-refractivity contribution in [2.45, 2.75) is 0 Å². The first kappa shape index (κ1) is 18.1. The van der Waals surface area contributed by atoms with Gasteiger partial charge < -0.3 is 0 Å². The summed E-state index contributed by atoms with van der Waals surface area (Å²) in [5.41, 5.74) is 4.37. The fourth-order valence-corrected chi connectivity index (χ4v) is 3.50. The van der Waals surface area contributed by atoms with Crippen LogP contribution in [-0.2, 0) is 0 Å². The van der Waals surface area contributed by atoms with Gasteiger partial charge in [0.15, 0.2) is 0 Å². The predicted molar refractivity (Wildman–Crippen MR) is 107 cm³/mol. The summed E-state index contributed by atoms with van der Waals surface area (Å²) in [6.45, 7) is 0. The number of hydrogen-bond donors (Lipinski definition) is 0. The molecule has 146 valence electrons. The maximum absolute atomic E-state index is 13.9. The first-order chi connectivity index (χ1) is 14.6. The van der Waals surface area contributed by atoms with Crippen molar-refractivity contribution in [3.63, 3.8) is 0 Å². The molecule has 0 aliphatic rings. The molecule has 4 heterocycles.